The van der Waals surface area contributed by atoms with E-state index in [0.717, 1.165) is 21.8 Å². The van der Waals surface area contributed by atoms with Gasteiger partial charge in [-0.2, -0.15) is 5.10 Å². The molecule has 0 fully saturated rings. The highest BCUT2D eigenvalue weighted by Gasteiger charge is 2.13. The molecule has 12 heteroatoms. The van der Waals surface area contributed by atoms with Crippen LogP contribution in [-0.2, 0) is 4.79 Å². The standard InChI is InChI=1S/C19H20BrN7O3S/c1-29-14-6-7-15(16(9-14)30-2)23-17(28)11-31-19-26-25-18(27(19)21)24-22-10-12-4-3-5-13(20)8-12/h3-10H,11,21H2,1-2H3,(H,23,28)(H,24,25)/b22-10+. The smallest absolute Gasteiger partial charge is 0.264 e. The van der Waals surface area contributed by atoms with Crippen molar-refractivity contribution in [2.24, 2.45) is 5.10 Å². The summed E-state index contributed by atoms with van der Waals surface area (Å²) in [5.74, 6) is 7.17. The van der Waals surface area contributed by atoms with Crippen LogP contribution in [0.5, 0.6) is 11.5 Å². The zero-order valence-corrected chi connectivity index (χ0v) is 19.1. The third-order valence-corrected chi connectivity index (χ3v) is 5.34. The fraction of sp³-hybridized carbons (Fsp3) is 0.158. The van der Waals surface area contributed by atoms with E-state index >= 15 is 0 Å². The predicted octanol–water partition coefficient (Wildman–Crippen LogP) is 2.95. The molecule has 162 valence electrons. The third kappa shape index (κ3) is 6.12. The molecule has 1 amide bonds. The average Bonchev–Trinajstić information content (AvgIpc) is 3.12. The zero-order valence-electron chi connectivity index (χ0n) is 16.7. The van der Waals surface area contributed by atoms with Crippen molar-refractivity contribution in [3.63, 3.8) is 0 Å². The second kappa shape index (κ2) is 10.7. The molecule has 0 aliphatic carbocycles. The second-order valence-electron chi connectivity index (χ2n) is 6.00. The lowest BCUT2D eigenvalue weighted by Crippen LogP contribution is -2.17. The number of halogens is 1. The molecule has 0 radical (unpaired) electrons. The van der Waals surface area contributed by atoms with Gasteiger partial charge in [0.05, 0.1) is 31.9 Å². The molecule has 0 spiro atoms. The summed E-state index contributed by atoms with van der Waals surface area (Å²) in [5.41, 5.74) is 4.16. The molecule has 0 unspecified atom stereocenters. The Morgan fingerprint density at radius 3 is 2.84 bits per heavy atom. The first-order chi connectivity index (χ1) is 15.0. The average molecular weight is 506 g/mol. The number of ether oxygens (including phenoxy) is 2. The van der Waals surface area contributed by atoms with E-state index in [1.165, 1.54) is 11.8 Å². The number of nitrogens with one attached hydrogen (secondary N) is 2. The SMILES string of the molecule is COc1ccc(NC(=O)CSc2nnc(N/N=C/c3cccc(Br)c3)n2N)c(OC)c1. The van der Waals surface area contributed by atoms with Crippen LogP contribution in [-0.4, -0.2) is 47.0 Å². The summed E-state index contributed by atoms with van der Waals surface area (Å²) < 4.78 is 12.6. The van der Waals surface area contributed by atoms with E-state index in [9.17, 15) is 4.79 Å². The van der Waals surface area contributed by atoms with Crippen LogP contribution < -0.4 is 26.1 Å². The first kappa shape index (κ1) is 22.4. The van der Waals surface area contributed by atoms with E-state index in [4.69, 9.17) is 15.3 Å². The Bertz CT molecular complexity index is 1090. The van der Waals surface area contributed by atoms with Gasteiger partial charge >= 0.3 is 0 Å². The molecule has 4 N–H and O–H groups in total. The molecule has 2 aromatic carbocycles. The maximum absolute atomic E-state index is 12.3. The van der Waals surface area contributed by atoms with Crippen LogP contribution in [0.25, 0.3) is 0 Å². The zero-order chi connectivity index (χ0) is 22.2. The minimum atomic E-state index is -0.251. The van der Waals surface area contributed by atoms with E-state index in [1.807, 2.05) is 24.3 Å². The van der Waals surface area contributed by atoms with Crippen LogP contribution in [0.3, 0.4) is 0 Å². The Balaban J connectivity index is 1.55. The summed E-state index contributed by atoms with van der Waals surface area (Å²) in [4.78, 5) is 12.3. The molecule has 0 saturated heterocycles. The number of methoxy groups -OCH3 is 2. The monoisotopic (exact) mass is 505 g/mol. The Morgan fingerprint density at radius 1 is 1.26 bits per heavy atom. The summed E-state index contributed by atoms with van der Waals surface area (Å²) in [7, 11) is 3.07. The van der Waals surface area contributed by atoms with E-state index in [0.29, 0.717) is 22.3 Å². The quantitative estimate of drug-likeness (QED) is 0.175. The molecular formula is C19H20BrN7O3S. The van der Waals surface area contributed by atoms with Crippen molar-refractivity contribution in [1.82, 2.24) is 14.9 Å². The number of nitrogens with two attached hydrogens (primary N) is 1. The fourth-order valence-electron chi connectivity index (χ4n) is 2.42. The lowest BCUT2D eigenvalue weighted by atomic mass is 10.2. The normalized spacial score (nSPS) is 10.8. The number of nitrogens with zero attached hydrogens (tertiary/aromatic N) is 4. The number of benzene rings is 2. The molecule has 0 aliphatic rings. The molecule has 1 heterocycles. The molecule has 10 nitrogen and oxygen atoms in total. The van der Waals surface area contributed by atoms with Crippen LogP contribution in [0.2, 0.25) is 0 Å². The van der Waals surface area contributed by atoms with Crippen molar-refractivity contribution in [1.29, 1.82) is 0 Å². The van der Waals surface area contributed by atoms with Crippen molar-refractivity contribution in [2.45, 2.75) is 5.16 Å². The van der Waals surface area contributed by atoms with Gasteiger partial charge in [-0.1, -0.05) is 39.8 Å². The van der Waals surface area contributed by atoms with E-state index < -0.39 is 0 Å². The topological polar surface area (TPSA) is 129 Å². The predicted molar refractivity (Wildman–Crippen MR) is 124 cm³/mol. The first-order valence-corrected chi connectivity index (χ1v) is 10.7. The molecule has 31 heavy (non-hydrogen) atoms. The van der Waals surface area contributed by atoms with Crippen molar-refractivity contribution in [3.05, 3.63) is 52.5 Å². The maximum atomic E-state index is 12.3. The van der Waals surface area contributed by atoms with Gasteiger partial charge < -0.3 is 20.6 Å². The van der Waals surface area contributed by atoms with E-state index in [1.54, 1.807) is 31.5 Å². The molecule has 0 aliphatic heterocycles. The van der Waals surface area contributed by atoms with Gasteiger partial charge in [0, 0.05) is 10.5 Å². The van der Waals surface area contributed by atoms with Crippen LogP contribution >= 0.6 is 27.7 Å². The Hall–Kier alpha value is -3.25. The molecule has 0 saturated carbocycles. The third-order valence-electron chi connectivity index (χ3n) is 3.91. The highest BCUT2D eigenvalue weighted by molar-refractivity contribution is 9.10. The van der Waals surface area contributed by atoms with E-state index in [2.05, 4.69) is 42.0 Å². The van der Waals surface area contributed by atoms with Crippen molar-refractivity contribution >= 4 is 51.4 Å². The Labute approximate surface area is 191 Å². The first-order valence-electron chi connectivity index (χ1n) is 8.90. The van der Waals surface area contributed by atoms with Crippen molar-refractivity contribution < 1.29 is 14.3 Å². The minimum Gasteiger partial charge on any atom is -0.497 e. The van der Waals surface area contributed by atoms with Gasteiger partial charge in [0.1, 0.15) is 11.5 Å². The summed E-state index contributed by atoms with van der Waals surface area (Å²) >= 11 is 4.54. The number of hydrazone groups is 1. The van der Waals surface area contributed by atoms with Crippen LogP contribution in [0.4, 0.5) is 11.6 Å². The number of nitrogen functional groups attached to an aromatic ring is 1. The van der Waals surface area contributed by atoms with Gasteiger partial charge in [0.15, 0.2) is 0 Å². The van der Waals surface area contributed by atoms with Crippen LogP contribution in [0.15, 0.2) is 57.2 Å². The molecule has 0 atom stereocenters. The van der Waals surface area contributed by atoms with Crippen molar-refractivity contribution in [3.8, 4) is 11.5 Å². The largest absolute Gasteiger partial charge is 0.497 e. The minimum absolute atomic E-state index is 0.0752. The van der Waals surface area contributed by atoms with Gasteiger partial charge in [0.25, 0.3) is 5.95 Å². The number of anilines is 2. The number of thioether (sulfide) groups is 1. The van der Waals surface area contributed by atoms with Gasteiger partial charge in [-0.3, -0.25) is 4.79 Å². The maximum Gasteiger partial charge on any atom is 0.264 e. The number of rotatable bonds is 9. The number of hydrogen-bond acceptors (Lipinski definition) is 9. The van der Waals surface area contributed by atoms with Crippen LogP contribution in [0, 0.1) is 0 Å². The number of aromatic nitrogens is 3. The number of carbonyl (C=O) groups is 1. The second-order valence-corrected chi connectivity index (χ2v) is 7.86. The Kier molecular flexibility index (Phi) is 7.73. The summed E-state index contributed by atoms with van der Waals surface area (Å²) in [6.45, 7) is 0. The van der Waals surface area contributed by atoms with Gasteiger partial charge in [0.2, 0.25) is 11.1 Å². The summed E-state index contributed by atoms with van der Waals surface area (Å²) in [6.07, 6.45) is 1.63. The molecular weight excluding hydrogens is 486 g/mol. The molecule has 3 aromatic rings. The lowest BCUT2D eigenvalue weighted by Gasteiger charge is -2.11. The Morgan fingerprint density at radius 2 is 2.10 bits per heavy atom. The molecule has 3 rings (SSSR count). The van der Waals surface area contributed by atoms with Gasteiger partial charge in [-0.25, -0.2) is 10.1 Å². The summed E-state index contributed by atoms with van der Waals surface area (Å²) in [5, 5.41) is 15.2. The number of hydrogen-bond donors (Lipinski definition) is 3. The summed E-state index contributed by atoms with van der Waals surface area (Å²) in [6, 6.07) is 12.8. The molecule has 0 bridgehead atoms. The highest BCUT2D eigenvalue weighted by Crippen LogP contribution is 2.29. The lowest BCUT2D eigenvalue weighted by molar-refractivity contribution is -0.113. The fourth-order valence-corrected chi connectivity index (χ4v) is 3.49. The van der Waals surface area contributed by atoms with E-state index in [-0.39, 0.29) is 17.6 Å². The molecule has 1 aromatic heterocycles. The van der Waals surface area contributed by atoms with Gasteiger partial charge in [-0.05, 0) is 29.8 Å². The van der Waals surface area contributed by atoms with Crippen LogP contribution in [0.1, 0.15) is 5.56 Å². The number of carbonyl (C=O) groups excluding carboxylic acids is 1. The number of amides is 1. The highest BCUT2D eigenvalue weighted by atomic mass is 79.9. The van der Waals surface area contributed by atoms with Crippen molar-refractivity contribution in [2.75, 3.05) is 36.6 Å². The van der Waals surface area contributed by atoms with Gasteiger partial charge in [-0.15, -0.1) is 10.2 Å².